The van der Waals surface area contributed by atoms with Gasteiger partial charge in [-0.2, -0.15) is 0 Å². The Morgan fingerprint density at radius 3 is 2.30 bits per heavy atom. The average Bonchev–Trinajstić information content (AvgIpc) is 2.90. The molecule has 0 atom stereocenters. The first-order valence-electron chi connectivity index (χ1n) is 6.98. The third-order valence-corrected chi connectivity index (χ3v) is 3.57. The predicted molar refractivity (Wildman–Crippen MR) is 83.1 cm³/mol. The van der Waals surface area contributed by atoms with Gasteiger partial charge in [-0.3, -0.25) is 0 Å². The van der Waals surface area contributed by atoms with Crippen LogP contribution in [0.5, 0.6) is 0 Å². The highest BCUT2D eigenvalue weighted by atomic mass is 15.1. The van der Waals surface area contributed by atoms with Crippen molar-refractivity contribution in [2.45, 2.75) is 20.3 Å². The molecule has 0 radical (unpaired) electrons. The van der Waals surface area contributed by atoms with Crippen molar-refractivity contribution in [2.24, 2.45) is 0 Å². The summed E-state index contributed by atoms with van der Waals surface area (Å²) in [5.74, 6) is 1.01. The van der Waals surface area contributed by atoms with Gasteiger partial charge < -0.3 is 4.57 Å². The van der Waals surface area contributed by atoms with Crippen molar-refractivity contribution in [3.63, 3.8) is 0 Å². The summed E-state index contributed by atoms with van der Waals surface area (Å²) in [5.41, 5.74) is 4.69. The van der Waals surface area contributed by atoms with E-state index in [-0.39, 0.29) is 0 Å². The molecule has 100 valence electrons. The Hall–Kier alpha value is -2.35. The summed E-state index contributed by atoms with van der Waals surface area (Å²) in [4.78, 5) is 4.66. The molecule has 3 rings (SSSR count). The van der Waals surface area contributed by atoms with Gasteiger partial charge in [-0.1, -0.05) is 49.4 Å². The van der Waals surface area contributed by atoms with Crippen LogP contribution in [0, 0.1) is 6.92 Å². The summed E-state index contributed by atoms with van der Waals surface area (Å²) in [5, 5.41) is 0. The summed E-state index contributed by atoms with van der Waals surface area (Å²) >= 11 is 0. The second-order valence-electron chi connectivity index (χ2n) is 4.93. The molecule has 2 nitrogen and oxygen atoms in total. The lowest BCUT2D eigenvalue weighted by molar-refractivity contribution is 0.972. The second kappa shape index (κ2) is 5.33. The maximum atomic E-state index is 4.66. The van der Waals surface area contributed by atoms with Gasteiger partial charge in [-0.15, -0.1) is 0 Å². The van der Waals surface area contributed by atoms with E-state index in [2.05, 4.69) is 59.1 Å². The Bertz CT molecular complexity index is 694. The summed E-state index contributed by atoms with van der Waals surface area (Å²) in [6.07, 6.45) is 3.17. The van der Waals surface area contributed by atoms with Gasteiger partial charge in [0, 0.05) is 17.4 Å². The molecule has 0 fully saturated rings. The molecular weight excluding hydrogens is 244 g/mol. The lowest BCUT2D eigenvalue weighted by Gasteiger charge is -2.05. The third kappa shape index (κ3) is 2.37. The van der Waals surface area contributed by atoms with Gasteiger partial charge in [-0.05, 0) is 31.0 Å². The minimum atomic E-state index is 1.01. The molecule has 20 heavy (non-hydrogen) atoms. The van der Waals surface area contributed by atoms with Crippen molar-refractivity contribution in [1.29, 1.82) is 0 Å². The van der Waals surface area contributed by atoms with Gasteiger partial charge in [0.1, 0.15) is 5.82 Å². The van der Waals surface area contributed by atoms with Crippen LogP contribution in [0.25, 0.3) is 16.9 Å². The smallest absolute Gasteiger partial charge is 0.110 e. The quantitative estimate of drug-likeness (QED) is 0.683. The molecule has 0 unspecified atom stereocenters. The van der Waals surface area contributed by atoms with Gasteiger partial charge in [0.05, 0.1) is 5.69 Å². The molecule has 3 aromatic rings. The monoisotopic (exact) mass is 262 g/mol. The van der Waals surface area contributed by atoms with E-state index in [1.165, 1.54) is 5.56 Å². The number of benzene rings is 2. The lowest BCUT2D eigenvalue weighted by atomic mass is 10.1. The molecule has 0 N–H and O–H groups in total. The van der Waals surface area contributed by atoms with E-state index in [1.54, 1.807) is 0 Å². The van der Waals surface area contributed by atoms with E-state index >= 15 is 0 Å². The van der Waals surface area contributed by atoms with Crippen LogP contribution in [0.3, 0.4) is 0 Å². The van der Waals surface area contributed by atoms with Gasteiger partial charge in [0.15, 0.2) is 0 Å². The van der Waals surface area contributed by atoms with E-state index in [4.69, 9.17) is 0 Å². The Morgan fingerprint density at radius 2 is 1.65 bits per heavy atom. The lowest BCUT2D eigenvalue weighted by Crippen LogP contribution is -1.95. The molecule has 2 heteroatoms. The van der Waals surface area contributed by atoms with Gasteiger partial charge in [0.25, 0.3) is 0 Å². The van der Waals surface area contributed by atoms with Crippen molar-refractivity contribution in [3.8, 4) is 16.9 Å². The van der Waals surface area contributed by atoms with Crippen LogP contribution >= 0.6 is 0 Å². The normalized spacial score (nSPS) is 10.7. The van der Waals surface area contributed by atoms with Crippen LogP contribution in [0.15, 0.2) is 60.8 Å². The standard InChI is InChI=1S/C18H18N2/c1-3-15-9-11-17(12-10-15)20-13-18(19-14(20)2)16-7-5-4-6-8-16/h4-13H,3H2,1-2H3. The zero-order valence-electron chi connectivity index (χ0n) is 11.9. The molecule has 1 aromatic heterocycles. The van der Waals surface area contributed by atoms with Gasteiger partial charge in [0.2, 0.25) is 0 Å². The van der Waals surface area contributed by atoms with Crippen molar-refractivity contribution >= 4 is 0 Å². The Morgan fingerprint density at radius 1 is 0.950 bits per heavy atom. The first-order valence-corrected chi connectivity index (χ1v) is 6.98. The number of aromatic nitrogens is 2. The fraction of sp³-hybridized carbons (Fsp3) is 0.167. The first kappa shape index (κ1) is 12.7. The largest absolute Gasteiger partial charge is 0.303 e. The topological polar surface area (TPSA) is 17.8 Å². The molecule has 0 aliphatic heterocycles. The Labute approximate surface area is 119 Å². The molecule has 0 spiro atoms. The fourth-order valence-electron chi connectivity index (χ4n) is 2.37. The maximum absolute atomic E-state index is 4.66. The minimum Gasteiger partial charge on any atom is -0.303 e. The zero-order chi connectivity index (χ0) is 13.9. The van der Waals surface area contributed by atoms with E-state index in [0.29, 0.717) is 0 Å². The van der Waals surface area contributed by atoms with Crippen LogP contribution < -0.4 is 0 Å². The molecule has 0 saturated carbocycles. The molecule has 0 saturated heterocycles. The number of imidazole rings is 1. The molecule has 0 aliphatic rings. The van der Waals surface area contributed by atoms with Crippen molar-refractivity contribution in [1.82, 2.24) is 9.55 Å². The maximum Gasteiger partial charge on any atom is 0.110 e. The fourth-order valence-corrected chi connectivity index (χ4v) is 2.37. The molecule has 0 bridgehead atoms. The number of nitrogens with zero attached hydrogens (tertiary/aromatic N) is 2. The van der Waals surface area contributed by atoms with E-state index in [1.807, 2.05) is 25.1 Å². The van der Waals surface area contributed by atoms with Crippen LogP contribution in [-0.2, 0) is 6.42 Å². The SMILES string of the molecule is CCc1ccc(-n2cc(-c3ccccc3)nc2C)cc1. The highest BCUT2D eigenvalue weighted by molar-refractivity contribution is 5.59. The summed E-state index contributed by atoms with van der Waals surface area (Å²) in [6.45, 7) is 4.21. The van der Waals surface area contributed by atoms with E-state index < -0.39 is 0 Å². The molecular formula is C18H18N2. The summed E-state index contributed by atoms with van der Waals surface area (Å²) in [6, 6.07) is 19.0. The molecule has 2 aromatic carbocycles. The molecule has 0 aliphatic carbocycles. The van der Waals surface area contributed by atoms with Crippen molar-refractivity contribution in [2.75, 3.05) is 0 Å². The molecule has 1 heterocycles. The van der Waals surface area contributed by atoms with Crippen molar-refractivity contribution < 1.29 is 0 Å². The average molecular weight is 262 g/mol. The van der Waals surface area contributed by atoms with E-state index in [0.717, 1.165) is 29.2 Å². The summed E-state index contributed by atoms with van der Waals surface area (Å²) < 4.78 is 2.14. The number of hydrogen-bond acceptors (Lipinski definition) is 1. The van der Waals surface area contributed by atoms with E-state index in [9.17, 15) is 0 Å². The van der Waals surface area contributed by atoms with Crippen LogP contribution in [0.1, 0.15) is 18.3 Å². The summed E-state index contributed by atoms with van der Waals surface area (Å²) in [7, 11) is 0. The van der Waals surface area contributed by atoms with Crippen LogP contribution in [-0.4, -0.2) is 9.55 Å². The number of aryl methyl sites for hydroxylation is 2. The minimum absolute atomic E-state index is 1.01. The third-order valence-electron chi connectivity index (χ3n) is 3.57. The highest BCUT2D eigenvalue weighted by Gasteiger charge is 2.07. The van der Waals surface area contributed by atoms with Gasteiger partial charge in [-0.25, -0.2) is 4.98 Å². The van der Waals surface area contributed by atoms with Gasteiger partial charge >= 0.3 is 0 Å². The van der Waals surface area contributed by atoms with Crippen LogP contribution in [0.2, 0.25) is 0 Å². The Kier molecular flexibility index (Phi) is 3.38. The van der Waals surface area contributed by atoms with Crippen LogP contribution in [0.4, 0.5) is 0 Å². The van der Waals surface area contributed by atoms with Crippen molar-refractivity contribution in [3.05, 3.63) is 72.2 Å². The highest BCUT2D eigenvalue weighted by Crippen LogP contribution is 2.21. The zero-order valence-corrected chi connectivity index (χ0v) is 11.9. The predicted octanol–water partition coefficient (Wildman–Crippen LogP) is 4.41. The second-order valence-corrected chi connectivity index (χ2v) is 4.93. The number of rotatable bonds is 3. The first-order chi connectivity index (χ1) is 9.78. The molecule has 0 amide bonds. The number of hydrogen-bond donors (Lipinski definition) is 0. The Balaban J connectivity index is 2.00.